The fourth-order valence-electron chi connectivity index (χ4n) is 6.27. The van der Waals surface area contributed by atoms with Crippen LogP contribution in [0.2, 0.25) is 0 Å². The van der Waals surface area contributed by atoms with Crippen LogP contribution in [0, 0.1) is 11.6 Å². The number of imidazole rings is 1. The molecule has 1 N–H and O–H groups in total. The highest BCUT2D eigenvalue weighted by Gasteiger charge is 2.30. The Kier molecular flexibility index (Phi) is 5.81. The zero-order valence-corrected chi connectivity index (χ0v) is 21.4. The summed E-state index contributed by atoms with van der Waals surface area (Å²) in [6, 6.07) is 7.91. The molecule has 2 saturated heterocycles. The number of hydrogen-bond acceptors (Lipinski definition) is 7. The highest BCUT2D eigenvalue weighted by molar-refractivity contribution is 5.83. The third-order valence-corrected chi connectivity index (χ3v) is 8.21. The van der Waals surface area contributed by atoms with Gasteiger partial charge in [-0.15, -0.1) is 0 Å². The van der Waals surface area contributed by atoms with Crippen LogP contribution < -0.4 is 5.32 Å². The predicted molar refractivity (Wildman–Crippen MR) is 141 cm³/mol. The summed E-state index contributed by atoms with van der Waals surface area (Å²) in [5.41, 5.74) is 2.52. The van der Waals surface area contributed by atoms with Crippen molar-refractivity contribution in [2.75, 3.05) is 31.5 Å². The molecule has 0 bridgehead atoms. The van der Waals surface area contributed by atoms with Crippen LogP contribution >= 0.6 is 0 Å². The first kappa shape index (κ1) is 23.6. The van der Waals surface area contributed by atoms with Crippen molar-refractivity contribution < 1.29 is 8.78 Å². The largest absolute Gasteiger partial charge is 0.325 e. The second kappa shape index (κ2) is 9.36. The van der Waals surface area contributed by atoms with Crippen molar-refractivity contribution in [1.82, 2.24) is 34.3 Å². The van der Waals surface area contributed by atoms with Gasteiger partial charge < -0.3 is 9.88 Å². The molecule has 7 rings (SSSR count). The molecule has 10 heteroatoms. The Hall–Kier alpha value is -3.50. The molecule has 2 atom stereocenters. The van der Waals surface area contributed by atoms with Crippen molar-refractivity contribution >= 4 is 22.8 Å². The Bertz CT molecular complexity index is 1500. The molecule has 0 amide bonds. The maximum Gasteiger partial charge on any atom is 0.229 e. The molecule has 6 heterocycles. The van der Waals surface area contributed by atoms with Crippen molar-refractivity contribution in [1.29, 1.82) is 0 Å². The quantitative estimate of drug-likeness (QED) is 0.412. The van der Waals surface area contributed by atoms with Gasteiger partial charge in [-0.3, -0.25) is 9.80 Å². The van der Waals surface area contributed by atoms with E-state index in [4.69, 9.17) is 0 Å². The minimum Gasteiger partial charge on any atom is -0.325 e. The van der Waals surface area contributed by atoms with Gasteiger partial charge in [0.05, 0.1) is 11.7 Å². The molecule has 0 radical (unpaired) electrons. The third-order valence-electron chi connectivity index (χ3n) is 8.21. The maximum atomic E-state index is 15.0. The van der Waals surface area contributed by atoms with E-state index in [9.17, 15) is 8.78 Å². The van der Waals surface area contributed by atoms with Gasteiger partial charge in [-0.2, -0.15) is 0 Å². The topological polar surface area (TPSA) is 75.0 Å². The number of rotatable bonds is 5. The summed E-state index contributed by atoms with van der Waals surface area (Å²) in [4.78, 5) is 22.6. The zero-order chi connectivity index (χ0) is 25.8. The number of nitrogens with one attached hydrogen (secondary N) is 1. The molecule has 2 fully saturated rings. The molecule has 0 unspecified atom stereocenters. The first-order valence-corrected chi connectivity index (χ1v) is 13.4. The van der Waals surface area contributed by atoms with Crippen LogP contribution in [0.1, 0.15) is 43.6 Å². The second-order valence-electron chi connectivity index (χ2n) is 10.7. The summed E-state index contributed by atoms with van der Waals surface area (Å²) in [5.74, 6) is 0.534. The minimum absolute atomic E-state index is 0.0344. The Labute approximate surface area is 219 Å². The molecular formula is C28H30F2N8. The number of aromatic nitrogens is 5. The van der Waals surface area contributed by atoms with Crippen LogP contribution in [-0.4, -0.2) is 66.5 Å². The van der Waals surface area contributed by atoms with Crippen LogP contribution in [0.5, 0.6) is 0 Å². The maximum absolute atomic E-state index is 15.0. The van der Waals surface area contributed by atoms with Crippen molar-refractivity contribution in [3.05, 3.63) is 59.7 Å². The fourth-order valence-corrected chi connectivity index (χ4v) is 6.27. The molecule has 3 aliphatic heterocycles. The number of nitrogens with zero attached hydrogens (tertiary/aromatic N) is 7. The summed E-state index contributed by atoms with van der Waals surface area (Å²) >= 11 is 0. The summed E-state index contributed by atoms with van der Waals surface area (Å²) in [6.07, 6.45) is 7.34. The van der Waals surface area contributed by atoms with Crippen molar-refractivity contribution in [3.63, 3.8) is 0 Å². The minimum atomic E-state index is -0.617. The van der Waals surface area contributed by atoms with E-state index in [0.29, 0.717) is 28.5 Å². The SMILES string of the molecule is C[C@@H]1CCc2nc3c(F)cc(-c4nc(Nc5ccc(CN6CCN7CCC[C@@H]7C6)cn5)ncc4F)cc3n21. The van der Waals surface area contributed by atoms with Gasteiger partial charge >= 0.3 is 0 Å². The molecule has 1 aromatic carbocycles. The van der Waals surface area contributed by atoms with Gasteiger partial charge in [-0.1, -0.05) is 6.07 Å². The van der Waals surface area contributed by atoms with Crippen LogP contribution in [0.15, 0.2) is 36.7 Å². The Morgan fingerprint density at radius 1 is 1.00 bits per heavy atom. The summed E-state index contributed by atoms with van der Waals surface area (Å²) < 4.78 is 31.9. The van der Waals surface area contributed by atoms with E-state index in [1.165, 1.54) is 25.5 Å². The van der Waals surface area contributed by atoms with Crippen molar-refractivity contribution in [2.24, 2.45) is 0 Å². The average molecular weight is 517 g/mol. The molecule has 8 nitrogen and oxygen atoms in total. The monoisotopic (exact) mass is 516 g/mol. The Balaban J connectivity index is 1.10. The van der Waals surface area contributed by atoms with Crippen LogP contribution in [0.4, 0.5) is 20.5 Å². The van der Waals surface area contributed by atoms with Crippen LogP contribution in [0.3, 0.4) is 0 Å². The van der Waals surface area contributed by atoms with E-state index in [2.05, 4.69) is 42.0 Å². The molecule has 0 spiro atoms. The van der Waals surface area contributed by atoms with Gasteiger partial charge in [0.2, 0.25) is 5.95 Å². The zero-order valence-electron chi connectivity index (χ0n) is 21.4. The number of hydrogen-bond donors (Lipinski definition) is 1. The summed E-state index contributed by atoms with van der Waals surface area (Å²) in [7, 11) is 0. The lowest BCUT2D eigenvalue weighted by molar-refractivity contribution is 0.0993. The molecule has 38 heavy (non-hydrogen) atoms. The molecule has 3 aromatic heterocycles. The lowest BCUT2D eigenvalue weighted by Gasteiger charge is -2.37. The summed E-state index contributed by atoms with van der Waals surface area (Å²) in [5, 5.41) is 3.07. The summed E-state index contributed by atoms with van der Waals surface area (Å²) in [6.45, 7) is 7.53. The highest BCUT2D eigenvalue weighted by Crippen LogP contribution is 2.34. The van der Waals surface area contributed by atoms with Crippen molar-refractivity contribution in [3.8, 4) is 11.3 Å². The van der Waals surface area contributed by atoms with Crippen molar-refractivity contribution in [2.45, 2.75) is 51.2 Å². The molecule has 196 valence electrons. The van der Waals surface area contributed by atoms with E-state index in [0.717, 1.165) is 56.6 Å². The first-order valence-electron chi connectivity index (χ1n) is 13.4. The molecule has 0 saturated carbocycles. The first-order chi connectivity index (χ1) is 18.5. The van der Waals surface area contributed by atoms with E-state index in [1.54, 1.807) is 6.07 Å². The van der Waals surface area contributed by atoms with Gasteiger partial charge in [-0.25, -0.2) is 28.7 Å². The number of pyridine rings is 1. The number of anilines is 2. The number of aryl methyl sites for hydroxylation is 1. The van der Waals surface area contributed by atoms with E-state index in [-0.39, 0.29) is 17.7 Å². The number of benzene rings is 1. The Morgan fingerprint density at radius 2 is 1.92 bits per heavy atom. The molecule has 0 aliphatic carbocycles. The second-order valence-corrected chi connectivity index (χ2v) is 10.7. The standard InChI is InChI=1S/C28H30F2N8/c1-17-4-7-25-34-27-21(29)11-19(12-23(27)38(17)25)26-22(30)14-32-28(35-26)33-24-6-5-18(13-31-24)15-36-9-10-37-8-2-3-20(37)16-36/h5-6,11-14,17,20H,2-4,7-10,15-16H2,1H3,(H,31,32,33,35)/t17-,20-/m1/s1. The molecular weight excluding hydrogens is 486 g/mol. The molecule has 3 aliphatic rings. The van der Waals surface area contributed by atoms with Gasteiger partial charge in [0, 0.05) is 56.4 Å². The van der Waals surface area contributed by atoms with Crippen LogP contribution in [-0.2, 0) is 13.0 Å². The highest BCUT2D eigenvalue weighted by atomic mass is 19.1. The van der Waals surface area contributed by atoms with E-state index < -0.39 is 11.6 Å². The third kappa shape index (κ3) is 4.21. The van der Waals surface area contributed by atoms with Gasteiger partial charge in [0.1, 0.15) is 22.9 Å². The van der Waals surface area contributed by atoms with Gasteiger partial charge in [-0.05, 0) is 56.5 Å². The average Bonchev–Trinajstić information content (AvgIpc) is 3.63. The smallest absolute Gasteiger partial charge is 0.229 e. The number of halogens is 2. The van der Waals surface area contributed by atoms with Gasteiger partial charge in [0.15, 0.2) is 11.6 Å². The van der Waals surface area contributed by atoms with Crippen LogP contribution in [0.25, 0.3) is 22.3 Å². The van der Waals surface area contributed by atoms with E-state index in [1.807, 2.05) is 22.9 Å². The lowest BCUT2D eigenvalue weighted by atomic mass is 10.1. The fraction of sp³-hybridized carbons (Fsp3) is 0.429. The number of piperazine rings is 1. The molecule has 4 aromatic rings. The normalized spacial score (nSPS) is 21.7. The Morgan fingerprint density at radius 3 is 2.79 bits per heavy atom. The van der Waals surface area contributed by atoms with Gasteiger partial charge in [0.25, 0.3) is 0 Å². The van der Waals surface area contributed by atoms with E-state index >= 15 is 0 Å². The predicted octanol–water partition coefficient (Wildman–Crippen LogP) is 4.70. The lowest BCUT2D eigenvalue weighted by Crippen LogP contribution is -2.49. The number of fused-ring (bicyclic) bond motifs is 4.